The Bertz CT molecular complexity index is 630. The lowest BCUT2D eigenvalue weighted by molar-refractivity contribution is -0.132. The van der Waals surface area contributed by atoms with Gasteiger partial charge in [-0.15, -0.1) is 0 Å². The van der Waals surface area contributed by atoms with Crippen LogP contribution in [0.5, 0.6) is 5.75 Å². The molecule has 0 bridgehead atoms. The van der Waals surface area contributed by atoms with Crippen LogP contribution in [0.1, 0.15) is 23.2 Å². The molecular weight excluding hydrogens is 262 g/mol. The molecule has 6 heteroatoms. The standard InChI is InChI=1S/C14H13NO5/c16-9-3-1-2-8(6-9)13(18)15-12-7-10(17)4-5-11(12)14(19)20/h1-3,6-7,16-17H,4-5H2,(H,15,18)(H,19,20). The van der Waals surface area contributed by atoms with Crippen LogP contribution in [0.2, 0.25) is 0 Å². The predicted molar refractivity (Wildman–Crippen MR) is 70.2 cm³/mol. The molecule has 20 heavy (non-hydrogen) atoms. The number of carbonyl (C=O) groups excluding carboxylic acids is 1. The van der Waals surface area contributed by atoms with Gasteiger partial charge in [-0.1, -0.05) is 6.07 Å². The second kappa shape index (κ2) is 5.48. The van der Waals surface area contributed by atoms with Crippen molar-refractivity contribution in [2.75, 3.05) is 0 Å². The van der Waals surface area contributed by atoms with Crippen LogP contribution in [0.3, 0.4) is 0 Å². The summed E-state index contributed by atoms with van der Waals surface area (Å²) in [4.78, 5) is 23.1. The van der Waals surface area contributed by atoms with Gasteiger partial charge in [0.05, 0.1) is 17.0 Å². The highest BCUT2D eigenvalue weighted by atomic mass is 16.4. The van der Waals surface area contributed by atoms with Crippen molar-refractivity contribution in [1.82, 2.24) is 5.32 Å². The fraction of sp³-hybridized carbons (Fsp3) is 0.143. The van der Waals surface area contributed by atoms with Crippen LogP contribution in [-0.2, 0) is 4.79 Å². The van der Waals surface area contributed by atoms with Gasteiger partial charge in [-0.05, 0) is 30.7 Å². The van der Waals surface area contributed by atoms with Crippen LogP contribution in [-0.4, -0.2) is 27.2 Å². The minimum absolute atomic E-state index is 0.0150. The maximum absolute atomic E-state index is 12.0. The molecule has 0 aliphatic heterocycles. The van der Waals surface area contributed by atoms with E-state index in [-0.39, 0.29) is 41.2 Å². The lowest BCUT2D eigenvalue weighted by atomic mass is 10.0. The van der Waals surface area contributed by atoms with Gasteiger partial charge in [0.25, 0.3) is 5.91 Å². The number of nitrogens with one attached hydrogen (secondary N) is 1. The molecule has 0 saturated carbocycles. The first-order valence-electron chi connectivity index (χ1n) is 5.93. The van der Waals surface area contributed by atoms with Crippen molar-refractivity contribution in [3.05, 3.63) is 52.9 Å². The average Bonchev–Trinajstić information content (AvgIpc) is 2.38. The van der Waals surface area contributed by atoms with Gasteiger partial charge < -0.3 is 20.6 Å². The zero-order chi connectivity index (χ0) is 14.7. The van der Waals surface area contributed by atoms with Crippen LogP contribution < -0.4 is 5.32 Å². The number of phenolic OH excluding ortho intramolecular Hbond substituents is 1. The number of aliphatic hydroxyl groups excluding tert-OH is 1. The van der Waals surface area contributed by atoms with Crippen molar-refractivity contribution in [3.63, 3.8) is 0 Å². The number of amides is 1. The van der Waals surface area contributed by atoms with Crippen molar-refractivity contribution in [2.24, 2.45) is 0 Å². The Hall–Kier alpha value is -2.76. The largest absolute Gasteiger partial charge is 0.512 e. The van der Waals surface area contributed by atoms with Gasteiger partial charge in [0.15, 0.2) is 0 Å². The van der Waals surface area contributed by atoms with Crippen molar-refractivity contribution < 1.29 is 24.9 Å². The van der Waals surface area contributed by atoms with E-state index in [0.29, 0.717) is 0 Å². The molecule has 1 aliphatic rings. The van der Waals surface area contributed by atoms with E-state index in [2.05, 4.69) is 5.32 Å². The van der Waals surface area contributed by atoms with Gasteiger partial charge in [0, 0.05) is 12.0 Å². The second-order valence-corrected chi connectivity index (χ2v) is 4.34. The zero-order valence-corrected chi connectivity index (χ0v) is 10.5. The van der Waals surface area contributed by atoms with Crippen molar-refractivity contribution in [3.8, 4) is 5.75 Å². The van der Waals surface area contributed by atoms with E-state index in [0.717, 1.165) is 0 Å². The molecule has 0 unspecified atom stereocenters. The van der Waals surface area contributed by atoms with Crippen molar-refractivity contribution in [1.29, 1.82) is 0 Å². The smallest absolute Gasteiger partial charge is 0.333 e. The van der Waals surface area contributed by atoms with E-state index in [1.54, 1.807) is 0 Å². The predicted octanol–water partition coefficient (Wildman–Crippen LogP) is 1.70. The number of aromatic hydroxyl groups is 1. The van der Waals surface area contributed by atoms with E-state index in [4.69, 9.17) is 5.11 Å². The number of phenols is 1. The highest BCUT2D eigenvalue weighted by molar-refractivity contribution is 5.97. The summed E-state index contributed by atoms with van der Waals surface area (Å²) in [6.45, 7) is 0. The number of carboxylic acid groups (broad SMARTS) is 1. The summed E-state index contributed by atoms with van der Waals surface area (Å²) in [5.74, 6) is -1.74. The normalized spacial score (nSPS) is 14.7. The van der Waals surface area contributed by atoms with Gasteiger partial charge in [-0.2, -0.15) is 0 Å². The SMILES string of the molecule is O=C(O)C1=C(NC(=O)c2cccc(O)c2)C=C(O)CC1. The summed E-state index contributed by atoms with van der Waals surface area (Å²) < 4.78 is 0. The quantitative estimate of drug-likeness (QED) is 0.671. The molecule has 4 N–H and O–H groups in total. The number of hydrogen-bond donors (Lipinski definition) is 4. The molecule has 2 rings (SSSR count). The molecular formula is C14H13NO5. The van der Waals surface area contributed by atoms with Crippen LogP contribution in [0, 0.1) is 0 Å². The Kier molecular flexibility index (Phi) is 3.74. The number of aliphatic carboxylic acids is 1. The number of rotatable bonds is 3. The molecule has 1 amide bonds. The maximum Gasteiger partial charge on any atom is 0.333 e. The third-order valence-corrected chi connectivity index (χ3v) is 2.88. The summed E-state index contributed by atoms with van der Waals surface area (Å²) >= 11 is 0. The van der Waals surface area contributed by atoms with Crippen LogP contribution >= 0.6 is 0 Å². The molecule has 0 atom stereocenters. The van der Waals surface area contributed by atoms with E-state index < -0.39 is 11.9 Å². The van der Waals surface area contributed by atoms with Gasteiger partial charge in [0.1, 0.15) is 5.75 Å². The van der Waals surface area contributed by atoms with Crippen molar-refractivity contribution >= 4 is 11.9 Å². The third-order valence-electron chi connectivity index (χ3n) is 2.88. The van der Waals surface area contributed by atoms with E-state index in [1.165, 1.54) is 30.3 Å². The monoisotopic (exact) mass is 275 g/mol. The van der Waals surface area contributed by atoms with Gasteiger partial charge >= 0.3 is 5.97 Å². The maximum atomic E-state index is 12.0. The first kappa shape index (κ1) is 13.7. The Morgan fingerprint density at radius 2 is 1.90 bits per heavy atom. The number of aliphatic hydroxyl groups is 1. The molecule has 0 aromatic heterocycles. The Morgan fingerprint density at radius 3 is 2.55 bits per heavy atom. The Morgan fingerprint density at radius 1 is 1.15 bits per heavy atom. The zero-order valence-electron chi connectivity index (χ0n) is 10.5. The lowest BCUT2D eigenvalue weighted by Gasteiger charge is -2.15. The first-order valence-corrected chi connectivity index (χ1v) is 5.93. The molecule has 0 spiro atoms. The lowest BCUT2D eigenvalue weighted by Crippen LogP contribution is -2.26. The number of carbonyl (C=O) groups is 2. The number of carboxylic acids is 1. The van der Waals surface area contributed by atoms with E-state index in [9.17, 15) is 19.8 Å². The van der Waals surface area contributed by atoms with Crippen LogP contribution in [0.4, 0.5) is 0 Å². The van der Waals surface area contributed by atoms with Gasteiger partial charge in [0.2, 0.25) is 0 Å². The van der Waals surface area contributed by atoms with E-state index >= 15 is 0 Å². The molecule has 0 radical (unpaired) electrons. The van der Waals surface area contributed by atoms with Crippen molar-refractivity contribution in [2.45, 2.75) is 12.8 Å². The topological polar surface area (TPSA) is 107 Å². The Balaban J connectivity index is 2.27. The molecule has 0 fully saturated rings. The van der Waals surface area contributed by atoms with Gasteiger partial charge in [-0.3, -0.25) is 4.79 Å². The Labute approximate surface area is 114 Å². The molecule has 0 heterocycles. The summed E-state index contributed by atoms with van der Waals surface area (Å²) in [5, 5.41) is 30.3. The summed E-state index contributed by atoms with van der Waals surface area (Å²) in [6.07, 6.45) is 1.61. The molecule has 104 valence electrons. The third kappa shape index (κ3) is 2.97. The molecule has 0 saturated heterocycles. The summed E-state index contributed by atoms with van der Waals surface area (Å²) in [5.41, 5.74) is 0.298. The van der Waals surface area contributed by atoms with E-state index in [1.807, 2.05) is 0 Å². The molecule has 1 aromatic rings. The highest BCUT2D eigenvalue weighted by Gasteiger charge is 2.20. The second-order valence-electron chi connectivity index (χ2n) is 4.34. The minimum Gasteiger partial charge on any atom is -0.512 e. The fourth-order valence-corrected chi connectivity index (χ4v) is 1.89. The van der Waals surface area contributed by atoms with Crippen LogP contribution in [0.25, 0.3) is 0 Å². The summed E-state index contributed by atoms with van der Waals surface area (Å²) in [6, 6.07) is 5.68. The number of benzene rings is 1. The molecule has 6 nitrogen and oxygen atoms in total. The molecule has 1 aliphatic carbocycles. The molecule has 1 aromatic carbocycles. The number of allylic oxidation sites excluding steroid dienone is 2. The first-order chi connectivity index (χ1) is 9.47. The fourth-order valence-electron chi connectivity index (χ4n) is 1.89. The number of hydrogen-bond acceptors (Lipinski definition) is 4. The van der Waals surface area contributed by atoms with Gasteiger partial charge in [-0.25, -0.2) is 4.79 Å². The van der Waals surface area contributed by atoms with Crippen LogP contribution in [0.15, 0.2) is 47.4 Å². The minimum atomic E-state index is -1.14. The average molecular weight is 275 g/mol. The summed E-state index contributed by atoms with van der Waals surface area (Å²) in [7, 11) is 0. The highest BCUT2D eigenvalue weighted by Crippen LogP contribution is 2.22.